The molecule has 2 heterocycles. The van der Waals surface area contributed by atoms with E-state index in [1.54, 1.807) is 12.4 Å². The molecule has 2 aliphatic carbocycles. The van der Waals surface area contributed by atoms with Crippen molar-refractivity contribution >= 4 is 16.6 Å². The molecule has 2 N–H and O–H groups in total. The van der Waals surface area contributed by atoms with Gasteiger partial charge >= 0.3 is 0 Å². The van der Waals surface area contributed by atoms with E-state index in [4.69, 9.17) is 4.74 Å². The fraction of sp³-hybridized carbons (Fsp3) is 0.345. The van der Waals surface area contributed by atoms with E-state index >= 15 is 0 Å². The molecule has 2 fully saturated rings. The smallest absolute Gasteiger partial charge is 0.219 e. The molecular weight excluding hydrogens is 438 g/mol. The molecule has 4 aromatic rings. The topological polar surface area (TPSA) is 88.1 Å². The van der Waals surface area contributed by atoms with Crippen LogP contribution in [0.1, 0.15) is 31.2 Å². The molecular formula is C29H29N3O3. The molecule has 2 aromatic carbocycles. The third kappa shape index (κ3) is 4.46. The van der Waals surface area contributed by atoms with Crippen molar-refractivity contribution in [3.05, 3.63) is 72.6 Å². The number of nitrogens with zero attached hydrogens (tertiary/aromatic N) is 2. The number of aromatic amines is 1. The summed E-state index contributed by atoms with van der Waals surface area (Å²) in [6, 6.07) is 18.6. The fourth-order valence-corrected chi connectivity index (χ4v) is 6.25. The average Bonchev–Trinajstić information content (AvgIpc) is 3.49. The number of hydrogen-bond acceptors (Lipinski definition) is 5. The zero-order valence-electron chi connectivity index (χ0n) is 19.6. The molecule has 0 aliphatic heterocycles. The van der Waals surface area contributed by atoms with Crippen molar-refractivity contribution < 1.29 is 14.6 Å². The van der Waals surface area contributed by atoms with Gasteiger partial charge in [-0.2, -0.15) is 5.10 Å². The van der Waals surface area contributed by atoms with Gasteiger partial charge in [-0.05, 0) is 90.5 Å². The number of hydrogen-bond donors (Lipinski definition) is 2. The van der Waals surface area contributed by atoms with Crippen LogP contribution < -0.4 is 4.74 Å². The molecule has 35 heavy (non-hydrogen) atoms. The summed E-state index contributed by atoms with van der Waals surface area (Å²) in [7, 11) is 0. The number of benzene rings is 2. The van der Waals surface area contributed by atoms with Crippen LogP contribution in [-0.4, -0.2) is 32.7 Å². The first-order valence-corrected chi connectivity index (χ1v) is 12.5. The number of ketones is 1. The van der Waals surface area contributed by atoms with E-state index in [9.17, 15) is 9.90 Å². The summed E-state index contributed by atoms with van der Waals surface area (Å²) in [4.78, 5) is 16.5. The highest BCUT2D eigenvalue weighted by Crippen LogP contribution is 2.50. The molecule has 0 spiro atoms. The van der Waals surface area contributed by atoms with Gasteiger partial charge in [0.05, 0.1) is 5.69 Å². The maximum Gasteiger partial charge on any atom is 0.219 e. The Labute approximate surface area is 204 Å². The second kappa shape index (κ2) is 9.27. The van der Waals surface area contributed by atoms with E-state index < -0.39 is 0 Å². The van der Waals surface area contributed by atoms with Gasteiger partial charge in [0.15, 0.2) is 5.78 Å². The van der Waals surface area contributed by atoms with Crippen LogP contribution in [0.3, 0.4) is 0 Å². The van der Waals surface area contributed by atoms with Gasteiger partial charge in [0.25, 0.3) is 0 Å². The predicted octanol–water partition coefficient (Wildman–Crippen LogP) is 5.57. The summed E-state index contributed by atoms with van der Waals surface area (Å²) >= 11 is 0. The quantitative estimate of drug-likeness (QED) is 0.371. The zero-order valence-corrected chi connectivity index (χ0v) is 19.6. The minimum Gasteiger partial charge on any atom is -0.439 e. The van der Waals surface area contributed by atoms with E-state index in [0.29, 0.717) is 23.6 Å². The second-order valence-corrected chi connectivity index (χ2v) is 10.1. The molecule has 178 valence electrons. The van der Waals surface area contributed by atoms with Gasteiger partial charge in [-0.25, -0.2) is 4.98 Å². The molecule has 6 heteroatoms. The van der Waals surface area contributed by atoms with Gasteiger partial charge in [-0.1, -0.05) is 24.3 Å². The third-order valence-electron chi connectivity index (χ3n) is 8.02. The lowest BCUT2D eigenvalue weighted by molar-refractivity contribution is -0.127. The number of rotatable bonds is 7. The van der Waals surface area contributed by atoms with E-state index in [1.165, 1.54) is 23.8 Å². The Bertz CT molecular complexity index is 1320. The molecule has 0 amide bonds. The van der Waals surface area contributed by atoms with Gasteiger partial charge < -0.3 is 9.84 Å². The van der Waals surface area contributed by atoms with Crippen LogP contribution in [0.5, 0.6) is 11.6 Å². The lowest BCUT2D eigenvalue weighted by Gasteiger charge is -2.34. The van der Waals surface area contributed by atoms with E-state index in [2.05, 4.69) is 45.5 Å². The summed E-state index contributed by atoms with van der Waals surface area (Å²) in [5.74, 6) is 3.27. The molecule has 6 nitrogen and oxygen atoms in total. The van der Waals surface area contributed by atoms with Crippen molar-refractivity contribution in [3.8, 4) is 22.9 Å². The number of pyridine rings is 1. The van der Waals surface area contributed by atoms with Crippen LogP contribution in [-0.2, 0) is 11.2 Å². The number of aliphatic hydroxyl groups excluding tert-OH is 1. The molecule has 6 rings (SSSR count). The number of carbonyl (C=O) groups excluding carboxylic acids is 1. The first kappa shape index (κ1) is 22.0. The molecule has 0 saturated heterocycles. The average molecular weight is 468 g/mol. The lowest BCUT2D eigenvalue weighted by atomic mass is 9.70. The molecule has 2 atom stereocenters. The maximum atomic E-state index is 12.0. The van der Waals surface area contributed by atoms with Crippen molar-refractivity contribution in [3.63, 3.8) is 0 Å². The second-order valence-electron chi connectivity index (χ2n) is 10.1. The van der Waals surface area contributed by atoms with Crippen LogP contribution in [0.2, 0.25) is 0 Å². The van der Waals surface area contributed by atoms with Crippen molar-refractivity contribution in [2.75, 3.05) is 6.61 Å². The van der Waals surface area contributed by atoms with Crippen molar-refractivity contribution in [1.82, 2.24) is 15.2 Å². The van der Waals surface area contributed by atoms with Crippen molar-refractivity contribution in [2.45, 2.75) is 32.1 Å². The number of Topliss-reactive ketones (excluding diaryl/α,β-unsaturated/α-hetero) is 1. The number of aliphatic hydroxyl groups is 1. The largest absolute Gasteiger partial charge is 0.439 e. The number of aromatic nitrogens is 3. The molecule has 2 aromatic heterocycles. The summed E-state index contributed by atoms with van der Waals surface area (Å²) in [5.41, 5.74) is 3.24. The molecule has 2 aliphatic rings. The van der Waals surface area contributed by atoms with Crippen molar-refractivity contribution in [1.29, 1.82) is 0 Å². The SMILES string of the molecule is O=C(CO)C1CC2CCC(C1)C2Cc1ccc2cc(Oc3ccc(-c4ccn[nH]4)cn3)ccc2c1. The Morgan fingerprint density at radius 2 is 1.80 bits per heavy atom. The van der Waals surface area contributed by atoms with Crippen LogP contribution in [0, 0.1) is 23.7 Å². The van der Waals surface area contributed by atoms with Crippen LogP contribution >= 0.6 is 0 Å². The summed E-state index contributed by atoms with van der Waals surface area (Å²) < 4.78 is 6.00. The Morgan fingerprint density at radius 3 is 2.51 bits per heavy atom. The van der Waals surface area contributed by atoms with Gasteiger partial charge in [-0.15, -0.1) is 0 Å². The van der Waals surface area contributed by atoms with Gasteiger partial charge in [-0.3, -0.25) is 9.89 Å². The highest BCUT2D eigenvalue weighted by atomic mass is 16.5. The number of fused-ring (bicyclic) bond motifs is 3. The Morgan fingerprint density at radius 1 is 1.00 bits per heavy atom. The Hall–Kier alpha value is -3.51. The van der Waals surface area contributed by atoms with E-state index in [0.717, 1.165) is 41.7 Å². The van der Waals surface area contributed by atoms with Gasteiger partial charge in [0, 0.05) is 29.9 Å². The molecule has 0 radical (unpaired) electrons. The number of ether oxygens (including phenoxy) is 1. The van der Waals surface area contributed by atoms with Crippen LogP contribution in [0.25, 0.3) is 22.0 Å². The molecule has 2 saturated carbocycles. The minimum absolute atomic E-state index is 0.0352. The lowest BCUT2D eigenvalue weighted by Crippen LogP contribution is -2.32. The van der Waals surface area contributed by atoms with E-state index in [-0.39, 0.29) is 18.3 Å². The highest BCUT2D eigenvalue weighted by Gasteiger charge is 2.43. The highest BCUT2D eigenvalue weighted by molar-refractivity contribution is 5.84. The van der Waals surface area contributed by atoms with Gasteiger partial charge in [0.1, 0.15) is 12.4 Å². The van der Waals surface area contributed by atoms with E-state index in [1.807, 2.05) is 24.3 Å². The normalized spacial score (nSPS) is 23.5. The zero-order chi connectivity index (χ0) is 23.8. The van der Waals surface area contributed by atoms with Crippen LogP contribution in [0.4, 0.5) is 0 Å². The van der Waals surface area contributed by atoms with Crippen molar-refractivity contribution in [2.24, 2.45) is 23.7 Å². The monoisotopic (exact) mass is 467 g/mol. The standard InChI is InChI=1S/C29H29N3O3/c33-17-28(34)24-13-21-3-4-22(14-24)26(21)12-18-1-2-20-15-25(7-5-19(20)11-18)35-29-8-6-23(16-30-29)27-9-10-31-32-27/h1-2,5-11,15-16,21-22,24,26,33H,3-4,12-14,17H2,(H,31,32). The van der Waals surface area contributed by atoms with Crippen LogP contribution in [0.15, 0.2) is 67.0 Å². The third-order valence-corrected chi connectivity index (χ3v) is 8.02. The Kier molecular flexibility index (Phi) is 5.82. The van der Waals surface area contributed by atoms with Gasteiger partial charge in [0.2, 0.25) is 5.88 Å². The number of H-pyrrole nitrogens is 1. The molecule has 2 bridgehead atoms. The Balaban J connectivity index is 1.14. The maximum absolute atomic E-state index is 12.0. The fourth-order valence-electron chi connectivity index (χ4n) is 6.25. The first-order valence-electron chi connectivity index (χ1n) is 12.5. The summed E-state index contributed by atoms with van der Waals surface area (Å²) in [6.07, 6.45) is 8.89. The minimum atomic E-state index is -0.308. The predicted molar refractivity (Wildman–Crippen MR) is 134 cm³/mol. The molecule has 2 unspecified atom stereocenters. The summed E-state index contributed by atoms with van der Waals surface area (Å²) in [6.45, 7) is -0.308. The number of carbonyl (C=O) groups is 1. The number of nitrogens with one attached hydrogen (secondary N) is 1. The first-order chi connectivity index (χ1) is 17.2. The summed E-state index contributed by atoms with van der Waals surface area (Å²) in [5, 5.41) is 18.5.